The van der Waals surface area contributed by atoms with Gasteiger partial charge in [0.05, 0.1) is 0 Å². The lowest BCUT2D eigenvalue weighted by molar-refractivity contribution is 0.479. The molecule has 0 atom stereocenters. The van der Waals surface area contributed by atoms with Crippen molar-refractivity contribution in [2.24, 2.45) is 0 Å². The van der Waals surface area contributed by atoms with E-state index in [0.29, 0.717) is 16.8 Å². The second-order valence-corrected chi connectivity index (χ2v) is 4.54. The number of anilines is 2. The Morgan fingerprint density at radius 2 is 1.61 bits per heavy atom. The normalized spacial score (nSPS) is 10.0. The molecule has 2 aromatic carbocycles. The van der Waals surface area contributed by atoms with Crippen LogP contribution in [0.1, 0.15) is 5.56 Å². The molecule has 0 spiro atoms. The number of hydrogen-bond donors (Lipinski definition) is 3. The lowest BCUT2D eigenvalue weighted by atomic mass is 9.64. The average Bonchev–Trinajstić information content (AvgIpc) is 2.34. The Balaban J connectivity index is 2.21. The summed E-state index contributed by atoms with van der Waals surface area (Å²) in [6, 6.07) is 12.4. The zero-order chi connectivity index (χ0) is 13.1. The molecule has 5 N–H and O–H groups in total. The molecule has 2 aromatic rings. The Bertz CT molecular complexity index is 584. The summed E-state index contributed by atoms with van der Waals surface area (Å²) in [7, 11) is 5.34. The number of aromatic hydroxyl groups is 1. The Morgan fingerprint density at radius 3 is 2.28 bits per heavy atom. The lowest BCUT2D eigenvalue weighted by Crippen LogP contribution is -2.23. The highest BCUT2D eigenvalue weighted by Gasteiger charge is 2.08. The van der Waals surface area contributed by atoms with Crippen molar-refractivity contribution in [3.8, 4) is 5.75 Å². The predicted octanol–water partition coefficient (Wildman–Crippen LogP) is 1.21. The van der Waals surface area contributed by atoms with Crippen molar-refractivity contribution in [3.05, 3.63) is 48.0 Å². The molecule has 0 aliphatic heterocycles. The first-order chi connectivity index (χ1) is 8.56. The molecule has 0 aromatic heterocycles. The number of phenolic OH excluding ortho intramolecular Hbond substituents is 1. The molecule has 0 amide bonds. The molecule has 0 aliphatic carbocycles. The van der Waals surface area contributed by atoms with Crippen LogP contribution in [0.4, 0.5) is 11.4 Å². The van der Waals surface area contributed by atoms with Gasteiger partial charge in [-0.3, -0.25) is 0 Å². The number of rotatable bonds is 3. The van der Waals surface area contributed by atoms with Crippen molar-refractivity contribution >= 4 is 38.2 Å². The first-order valence-electron chi connectivity index (χ1n) is 5.44. The van der Waals surface area contributed by atoms with E-state index in [2.05, 4.69) is 8.86 Å². The Labute approximate surface area is 109 Å². The number of benzene rings is 2. The quantitative estimate of drug-likeness (QED) is 0.334. The summed E-state index contributed by atoms with van der Waals surface area (Å²) < 4.78 is 0. The van der Waals surface area contributed by atoms with Crippen molar-refractivity contribution in [3.63, 3.8) is 0 Å². The summed E-state index contributed by atoms with van der Waals surface area (Å²) >= 11 is 0. The van der Waals surface area contributed by atoms with E-state index in [1.165, 1.54) is 0 Å². The average molecular weight is 255 g/mol. The highest BCUT2D eigenvalue weighted by molar-refractivity contribution is 7.33. The van der Waals surface area contributed by atoms with E-state index in [1.54, 1.807) is 18.2 Å². The fourth-order valence-electron chi connectivity index (χ4n) is 1.59. The Hall–Kier alpha value is -1.93. The van der Waals surface area contributed by atoms with Crippen LogP contribution in [-0.2, 0) is 0 Å². The second kappa shape index (κ2) is 5.15. The third-order valence-corrected chi connectivity index (χ3v) is 3.01. The van der Waals surface area contributed by atoms with Crippen LogP contribution in [0.15, 0.2) is 42.5 Å². The minimum absolute atomic E-state index is 0.190. The lowest BCUT2D eigenvalue weighted by Gasteiger charge is -2.07. The van der Waals surface area contributed by atoms with Crippen LogP contribution in [0.5, 0.6) is 5.75 Å². The number of phenols is 1. The summed E-state index contributed by atoms with van der Waals surface area (Å²) in [6.45, 7) is 0. The molecular weight excluding hydrogens is 242 g/mol. The summed E-state index contributed by atoms with van der Waals surface area (Å²) in [4.78, 5) is 0. The summed E-state index contributed by atoms with van der Waals surface area (Å²) in [5.41, 5.74) is 14.3. The van der Waals surface area contributed by atoms with Crippen molar-refractivity contribution in [2.75, 3.05) is 11.5 Å². The van der Waals surface area contributed by atoms with Gasteiger partial charge in [0, 0.05) is 11.4 Å². The highest BCUT2D eigenvalue weighted by atomic mass is 31.0. The monoisotopic (exact) mass is 255 g/mol. The van der Waals surface area contributed by atoms with E-state index in [4.69, 9.17) is 11.5 Å². The first kappa shape index (κ1) is 12.5. The van der Waals surface area contributed by atoms with Gasteiger partial charge in [0.25, 0.3) is 0 Å². The smallest absolute Gasteiger partial charge is 0.202 e. The van der Waals surface area contributed by atoms with Gasteiger partial charge < -0.3 is 16.6 Å². The van der Waals surface area contributed by atoms with Crippen LogP contribution in [0.3, 0.4) is 0 Å². The molecule has 5 heteroatoms. The van der Waals surface area contributed by atoms with Crippen LogP contribution in [-0.4, -0.2) is 17.6 Å². The van der Waals surface area contributed by atoms with E-state index in [-0.39, 0.29) is 5.75 Å². The third-order valence-electron chi connectivity index (χ3n) is 2.57. The van der Waals surface area contributed by atoms with Crippen LogP contribution < -0.4 is 16.9 Å². The zero-order valence-corrected chi connectivity index (χ0v) is 10.7. The molecule has 0 bridgehead atoms. The van der Waals surface area contributed by atoms with Crippen LogP contribution in [0, 0.1) is 0 Å². The van der Waals surface area contributed by atoms with Crippen molar-refractivity contribution in [2.45, 2.75) is 0 Å². The van der Waals surface area contributed by atoms with Gasteiger partial charge in [0.2, 0.25) is 7.28 Å². The second-order valence-electron chi connectivity index (χ2n) is 4.00. The number of hydrogen-bond acceptors (Lipinski definition) is 3. The minimum Gasteiger partial charge on any atom is -0.509 e. The first-order valence-corrected chi connectivity index (χ1v) is 5.94. The molecular formula is C13H13BN2OP. The van der Waals surface area contributed by atoms with Gasteiger partial charge in [-0.25, -0.2) is 0 Å². The SMILES string of the molecule is Nc1ccc(C(=P)[B]c2cc(N)ccc2O)cc1. The number of nitrogen functional groups attached to an aromatic ring is 2. The Kier molecular flexibility index (Phi) is 3.59. The molecule has 1 radical (unpaired) electrons. The van der Waals surface area contributed by atoms with Gasteiger partial charge >= 0.3 is 0 Å². The van der Waals surface area contributed by atoms with Gasteiger partial charge in [-0.1, -0.05) is 17.3 Å². The Morgan fingerprint density at radius 1 is 1.00 bits per heavy atom. The van der Waals surface area contributed by atoms with Gasteiger partial charge in [0.1, 0.15) is 5.75 Å². The number of nitrogens with two attached hydrogens (primary N) is 2. The maximum absolute atomic E-state index is 9.73. The van der Waals surface area contributed by atoms with Crippen LogP contribution >= 0.6 is 8.86 Å². The molecule has 3 nitrogen and oxygen atoms in total. The van der Waals surface area contributed by atoms with E-state index in [9.17, 15) is 5.11 Å². The fourth-order valence-corrected chi connectivity index (χ4v) is 1.91. The predicted molar refractivity (Wildman–Crippen MR) is 81.2 cm³/mol. The molecule has 0 heterocycles. The zero-order valence-electron chi connectivity index (χ0n) is 9.72. The van der Waals surface area contributed by atoms with Crippen molar-refractivity contribution in [1.29, 1.82) is 0 Å². The molecule has 89 valence electrons. The van der Waals surface area contributed by atoms with E-state index >= 15 is 0 Å². The van der Waals surface area contributed by atoms with Gasteiger partial charge in [-0.15, -0.1) is 8.86 Å². The third kappa shape index (κ3) is 2.85. The maximum atomic E-state index is 9.73. The van der Waals surface area contributed by atoms with Crippen LogP contribution in [0.25, 0.3) is 0 Å². The molecule has 0 fully saturated rings. The maximum Gasteiger partial charge on any atom is 0.202 e. The van der Waals surface area contributed by atoms with E-state index < -0.39 is 0 Å². The van der Waals surface area contributed by atoms with Gasteiger partial charge in [0.15, 0.2) is 0 Å². The van der Waals surface area contributed by atoms with Gasteiger partial charge in [-0.05, 0) is 41.4 Å². The minimum atomic E-state index is 0.190. The fraction of sp³-hybridized carbons (Fsp3) is 0. The highest BCUT2D eigenvalue weighted by Crippen LogP contribution is 2.11. The molecule has 2 rings (SSSR count). The topological polar surface area (TPSA) is 72.3 Å². The van der Waals surface area contributed by atoms with Crippen LogP contribution in [0.2, 0.25) is 0 Å². The molecule has 0 saturated carbocycles. The van der Waals surface area contributed by atoms with E-state index in [1.807, 2.05) is 31.5 Å². The largest absolute Gasteiger partial charge is 0.509 e. The van der Waals surface area contributed by atoms with E-state index in [0.717, 1.165) is 10.8 Å². The molecule has 18 heavy (non-hydrogen) atoms. The van der Waals surface area contributed by atoms with Crippen molar-refractivity contribution < 1.29 is 5.11 Å². The standard InChI is InChI=1S/C13H13BN2OP/c15-9-3-1-8(2-4-9)13(18)14-11-7-10(16)5-6-12(11)17/h1-7,17-18H,15-16H2. The van der Waals surface area contributed by atoms with Crippen molar-refractivity contribution in [1.82, 2.24) is 0 Å². The molecule has 0 aliphatic rings. The van der Waals surface area contributed by atoms with Gasteiger partial charge in [-0.2, -0.15) is 0 Å². The summed E-state index contributed by atoms with van der Waals surface area (Å²) in [5.74, 6) is 0.190. The summed E-state index contributed by atoms with van der Waals surface area (Å²) in [5, 5.41) is 10.6. The summed E-state index contributed by atoms with van der Waals surface area (Å²) in [6.07, 6.45) is 0. The molecule has 0 saturated heterocycles. The molecule has 0 unspecified atom stereocenters.